The molecule has 1 atom stereocenters. The van der Waals surface area contributed by atoms with Crippen molar-refractivity contribution in [2.75, 3.05) is 0 Å². The number of nitrogens with zero attached hydrogens (tertiary/aromatic N) is 3. The second kappa shape index (κ2) is 5.70. The highest BCUT2D eigenvalue weighted by Crippen LogP contribution is 2.33. The van der Waals surface area contributed by atoms with Gasteiger partial charge in [-0.25, -0.2) is 9.78 Å². The first kappa shape index (κ1) is 15.6. The van der Waals surface area contributed by atoms with Crippen LogP contribution in [0, 0.1) is 0 Å². The molecule has 1 aromatic heterocycles. The number of urea groups is 1. The topological polar surface area (TPSA) is 67.2 Å². The lowest BCUT2D eigenvalue weighted by atomic mass is 9.87. The first-order valence-electron chi connectivity index (χ1n) is 7.35. The fourth-order valence-corrected chi connectivity index (χ4v) is 2.99. The molecular weight excluding hydrogens is 316 g/mol. The highest BCUT2D eigenvalue weighted by molar-refractivity contribution is 6.29. The van der Waals surface area contributed by atoms with E-state index >= 15 is 0 Å². The second-order valence-corrected chi connectivity index (χ2v) is 5.89. The number of rotatable bonds is 4. The van der Waals surface area contributed by atoms with Crippen LogP contribution in [0.4, 0.5) is 4.79 Å². The van der Waals surface area contributed by atoms with Crippen molar-refractivity contribution in [2.45, 2.75) is 25.4 Å². The number of carbonyl (C=O) groups excluding carboxylic acids is 2. The lowest BCUT2D eigenvalue weighted by Crippen LogP contribution is -2.43. The van der Waals surface area contributed by atoms with Gasteiger partial charge in [0.1, 0.15) is 16.5 Å². The molecule has 2 aromatic rings. The molecule has 3 amide bonds. The van der Waals surface area contributed by atoms with Crippen LogP contribution in [0.2, 0.25) is 5.15 Å². The van der Waals surface area contributed by atoms with E-state index in [1.54, 1.807) is 11.6 Å². The molecule has 0 saturated carbocycles. The van der Waals surface area contributed by atoms with Crippen LogP contribution < -0.4 is 5.32 Å². The number of hydrogen-bond donors (Lipinski definition) is 1. The minimum Gasteiger partial charge on any atom is -0.321 e. The molecule has 120 valence electrons. The van der Waals surface area contributed by atoms with Gasteiger partial charge < -0.3 is 9.88 Å². The fraction of sp³-hybridized carbons (Fsp3) is 0.312. The third-order valence-electron chi connectivity index (χ3n) is 4.30. The average Bonchev–Trinajstić information content (AvgIpc) is 3.01. The summed E-state index contributed by atoms with van der Waals surface area (Å²) in [6.45, 7) is 1.97. The van der Waals surface area contributed by atoms with Gasteiger partial charge in [0.2, 0.25) is 0 Å². The molecule has 23 heavy (non-hydrogen) atoms. The first-order chi connectivity index (χ1) is 11.0. The van der Waals surface area contributed by atoms with E-state index in [0.717, 1.165) is 5.56 Å². The Bertz CT molecular complexity index is 759. The van der Waals surface area contributed by atoms with Crippen molar-refractivity contribution in [3.63, 3.8) is 0 Å². The first-order valence-corrected chi connectivity index (χ1v) is 7.73. The lowest BCUT2D eigenvalue weighted by Gasteiger charge is -2.25. The maximum absolute atomic E-state index is 13.0. The van der Waals surface area contributed by atoms with Crippen LogP contribution in [0.1, 0.15) is 24.7 Å². The highest BCUT2D eigenvalue weighted by atomic mass is 35.5. The molecule has 3 rings (SSSR count). The van der Waals surface area contributed by atoms with Crippen LogP contribution in [0.5, 0.6) is 0 Å². The van der Waals surface area contributed by atoms with Crippen LogP contribution in [0.15, 0.2) is 36.5 Å². The van der Waals surface area contributed by atoms with Crippen molar-refractivity contribution < 1.29 is 9.59 Å². The normalized spacial score (nSPS) is 20.9. The Balaban J connectivity index is 1.94. The lowest BCUT2D eigenvalue weighted by molar-refractivity contribution is -0.132. The fourth-order valence-electron chi connectivity index (χ4n) is 2.84. The van der Waals surface area contributed by atoms with Crippen LogP contribution in [0.3, 0.4) is 0 Å². The standard InChI is InChI=1S/C16H17ClN4O2/c1-3-16(11-7-5-4-6-8-11)14(22)21(15(23)19-16)10-13-18-9-12(17)20(13)2/h4-9H,3,10H2,1-2H3,(H,19,23). The van der Waals surface area contributed by atoms with Crippen molar-refractivity contribution in [3.8, 4) is 0 Å². The molecule has 0 aliphatic carbocycles. The summed E-state index contributed by atoms with van der Waals surface area (Å²) in [6, 6.07) is 8.87. The van der Waals surface area contributed by atoms with Crippen LogP contribution in [-0.4, -0.2) is 26.4 Å². The maximum atomic E-state index is 13.0. The predicted octanol–water partition coefficient (Wildman–Crippen LogP) is 2.43. The van der Waals surface area contributed by atoms with E-state index in [-0.39, 0.29) is 12.5 Å². The SMILES string of the molecule is CCC1(c2ccccc2)NC(=O)N(Cc2ncc(Cl)n2C)C1=O. The van der Waals surface area contributed by atoms with Crippen LogP contribution in [-0.2, 0) is 23.9 Å². The minimum absolute atomic E-state index is 0.0858. The van der Waals surface area contributed by atoms with E-state index in [2.05, 4.69) is 10.3 Å². The van der Waals surface area contributed by atoms with E-state index < -0.39 is 11.6 Å². The Morgan fingerprint density at radius 2 is 1.96 bits per heavy atom. The number of aromatic nitrogens is 2. The molecule has 0 bridgehead atoms. The van der Waals surface area contributed by atoms with E-state index in [0.29, 0.717) is 17.4 Å². The Morgan fingerprint density at radius 3 is 2.52 bits per heavy atom. The summed E-state index contributed by atoms with van der Waals surface area (Å²) in [5.41, 5.74) is -0.242. The summed E-state index contributed by atoms with van der Waals surface area (Å²) in [7, 11) is 1.74. The molecule has 1 unspecified atom stereocenters. The van der Waals surface area contributed by atoms with E-state index in [1.807, 2.05) is 37.3 Å². The van der Waals surface area contributed by atoms with Crippen molar-refractivity contribution in [2.24, 2.45) is 7.05 Å². The number of halogens is 1. The van der Waals surface area contributed by atoms with Gasteiger partial charge in [0.25, 0.3) is 5.91 Å². The van der Waals surface area contributed by atoms with Crippen molar-refractivity contribution in [1.29, 1.82) is 0 Å². The molecule has 1 aromatic carbocycles. The molecule has 1 aliphatic rings. The number of amides is 3. The molecule has 0 spiro atoms. The predicted molar refractivity (Wildman–Crippen MR) is 85.7 cm³/mol. The maximum Gasteiger partial charge on any atom is 0.325 e. The van der Waals surface area contributed by atoms with Crippen molar-refractivity contribution >= 4 is 23.5 Å². The van der Waals surface area contributed by atoms with Gasteiger partial charge in [-0.2, -0.15) is 0 Å². The molecule has 1 fully saturated rings. The zero-order chi connectivity index (χ0) is 16.6. The average molecular weight is 333 g/mol. The summed E-state index contributed by atoms with van der Waals surface area (Å²) in [6.07, 6.45) is 1.97. The number of imidazole rings is 1. The van der Waals surface area contributed by atoms with Crippen LogP contribution >= 0.6 is 11.6 Å². The van der Waals surface area contributed by atoms with Gasteiger partial charge >= 0.3 is 6.03 Å². The number of nitrogens with one attached hydrogen (secondary N) is 1. The summed E-state index contributed by atoms with van der Waals surface area (Å²) in [4.78, 5) is 30.7. The molecule has 1 N–H and O–H groups in total. The third-order valence-corrected chi connectivity index (χ3v) is 4.65. The van der Waals surface area contributed by atoms with Gasteiger partial charge in [0.05, 0.1) is 12.7 Å². The Kier molecular flexibility index (Phi) is 3.85. The van der Waals surface area contributed by atoms with Gasteiger partial charge in [-0.3, -0.25) is 9.69 Å². The van der Waals surface area contributed by atoms with Gasteiger partial charge in [0, 0.05) is 7.05 Å². The van der Waals surface area contributed by atoms with Crippen LogP contribution in [0.25, 0.3) is 0 Å². The summed E-state index contributed by atoms with van der Waals surface area (Å²) >= 11 is 5.96. The monoisotopic (exact) mass is 332 g/mol. The summed E-state index contributed by atoms with van der Waals surface area (Å²) < 4.78 is 1.65. The van der Waals surface area contributed by atoms with E-state index in [9.17, 15) is 9.59 Å². The molecule has 7 heteroatoms. The Labute approximate surface area is 139 Å². The quantitative estimate of drug-likeness (QED) is 0.874. The smallest absolute Gasteiger partial charge is 0.321 e. The summed E-state index contributed by atoms with van der Waals surface area (Å²) in [5.74, 6) is 0.286. The van der Waals surface area contributed by atoms with E-state index in [1.165, 1.54) is 11.1 Å². The molecule has 6 nitrogen and oxygen atoms in total. The second-order valence-electron chi connectivity index (χ2n) is 5.50. The zero-order valence-corrected chi connectivity index (χ0v) is 13.7. The summed E-state index contributed by atoms with van der Waals surface area (Å²) in [5, 5.41) is 3.30. The molecule has 2 heterocycles. The minimum atomic E-state index is -1.02. The van der Waals surface area contributed by atoms with Crippen molar-refractivity contribution in [3.05, 3.63) is 53.1 Å². The molecule has 1 saturated heterocycles. The van der Waals surface area contributed by atoms with Gasteiger partial charge in [-0.05, 0) is 12.0 Å². The number of carbonyl (C=O) groups is 2. The molecule has 1 aliphatic heterocycles. The molecule has 0 radical (unpaired) electrons. The number of benzene rings is 1. The zero-order valence-electron chi connectivity index (χ0n) is 12.9. The van der Waals surface area contributed by atoms with Gasteiger partial charge in [0.15, 0.2) is 0 Å². The third kappa shape index (κ3) is 2.39. The van der Waals surface area contributed by atoms with Crippen molar-refractivity contribution in [1.82, 2.24) is 19.8 Å². The largest absolute Gasteiger partial charge is 0.325 e. The Morgan fingerprint density at radius 1 is 1.26 bits per heavy atom. The highest BCUT2D eigenvalue weighted by Gasteiger charge is 2.51. The number of imide groups is 1. The number of hydrogen-bond acceptors (Lipinski definition) is 3. The Hall–Kier alpha value is -2.34. The molecular formula is C16H17ClN4O2. The van der Waals surface area contributed by atoms with Gasteiger partial charge in [-0.1, -0.05) is 48.9 Å². The van der Waals surface area contributed by atoms with Gasteiger partial charge in [-0.15, -0.1) is 0 Å². The van der Waals surface area contributed by atoms with E-state index in [4.69, 9.17) is 11.6 Å².